The molecule has 1 amide bonds. The molecule has 1 aromatic heterocycles. The fourth-order valence-electron chi connectivity index (χ4n) is 1.30. The Kier molecular flexibility index (Phi) is 5.04. The summed E-state index contributed by atoms with van der Waals surface area (Å²) in [5.74, 6) is -0.334. The van der Waals surface area contributed by atoms with Crippen LogP contribution < -0.4 is 10.6 Å². The van der Waals surface area contributed by atoms with Crippen molar-refractivity contribution in [1.29, 1.82) is 0 Å². The molecule has 0 spiro atoms. The second-order valence-corrected chi connectivity index (χ2v) is 3.82. The Labute approximate surface area is 105 Å². The number of aromatic nitrogens is 1. The van der Waals surface area contributed by atoms with Crippen LogP contribution in [0.2, 0.25) is 0 Å². The number of nitrogens with zero attached hydrogens (tertiary/aromatic N) is 2. The maximum atomic E-state index is 11.6. The van der Waals surface area contributed by atoms with Crippen LogP contribution >= 0.6 is 0 Å². The van der Waals surface area contributed by atoms with Crippen LogP contribution in [0, 0.1) is 10.1 Å². The average Bonchev–Trinajstić information content (AvgIpc) is 2.36. The summed E-state index contributed by atoms with van der Waals surface area (Å²) in [5, 5.41) is 16.1. The van der Waals surface area contributed by atoms with Gasteiger partial charge in [-0.15, -0.1) is 0 Å². The molecule has 98 valence electrons. The van der Waals surface area contributed by atoms with E-state index in [1.807, 2.05) is 6.92 Å². The van der Waals surface area contributed by atoms with Crippen molar-refractivity contribution < 1.29 is 9.72 Å². The van der Waals surface area contributed by atoms with Gasteiger partial charge in [0.2, 0.25) is 5.91 Å². The zero-order valence-electron chi connectivity index (χ0n) is 10.3. The van der Waals surface area contributed by atoms with Gasteiger partial charge in [-0.25, -0.2) is 0 Å². The quantitative estimate of drug-likeness (QED) is 0.587. The van der Waals surface area contributed by atoms with Crippen LogP contribution in [0.3, 0.4) is 0 Å². The Balaban J connectivity index is 2.56. The lowest BCUT2D eigenvalue weighted by atomic mass is 10.3. The Hall–Kier alpha value is -2.18. The SMILES string of the molecule is CCCNC(=O)C(C)Nc1ccc([N+](=O)[O-])nc1. The van der Waals surface area contributed by atoms with Crippen LogP contribution in [-0.2, 0) is 4.79 Å². The van der Waals surface area contributed by atoms with Crippen LogP contribution in [0.1, 0.15) is 20.3 Å². The van der Waals surface area contributed by atoms with Gasteiger partial charge < -0.3 is 20.7 Å². The Bertz CT molecular complexity index is 419. The predicted molar refractivity (Wildman–Crippen MR) is 67.3 cm³/mol. The van der Waals surface area contributed by atoms with Crippen LogP contribution in [0.4, 0.5) is 11.5 Å². The summed E-state index contributed by atoms with van der Waals surface area (Å²) in [6.07, 6.45) is 2.21. The van der Waals surface area contributed by atoms with Crippen molar-refractivity contribution in [3.8, 4) is 0 Å². The summed E-state index contributed by atoms with van der Waals surface area (Å²) in [7, 11) is 0. The molecule has 18 heavy (non-hydrogen) atoms. The van der Waals surface area contributed by atoms with E-state index in [9.17, 15) is 14.9 Å². The van der Waals surface area contributed by atoms with Crippen molar-refractivity contribution in [1.82, 2.24) is 10.3 Å². The highest BCUT2D eigenvalue weighted by Crippen LogP contribution is 2.12. The molecule has 0 radical (unpaired) electrons. The summed E-state index contributed by atoms with van der Waals surface area (Å²) in [5.41, 5.74) is 0.569. The lowest BCUT2D eigenvalue weighted by Crippen LogP contribution is -2.37. The molecule has 0 fully saturated rings. The summed E-state index contributed by atoms with van der Waals surface area (Å²) < 4.78 is 0. The van der Waals surface area contributed by atoms with E-state index in [1.165, 1.54) is 18.3 Å². The first-order valence-corrected chi connectivity index (χ1v) is 5.69. The van der Waals surface area contributed by atoms with Gasteiger partial charge in [-0.1, -0.05) is 6.92 Å². The number of anilines is 1. The van der Waals surface area contributed by atoms with Crippen LogP contribution in [0.15, 0.2) is 18.3 Å². The minimum absolute atomic E-state index is 0.116. The van der Waals surface area contributed by atoms with E-state index in [2.05, 4.69) is 15.6 Å². The highest BCUT2D eigenvalue weighted by molar-refractivity contribution is 5.84. The van der Waals surface area contributed by atoms with E-state index in [4.69, 9.17) is 0 Å². The van der Waals surface area contributed by atoms with Crippen molar-refractivity contribution in [2.75, 3.05) is 11.9 Å². The molecule has 0 aliphatic heterocycles. The van der Waals surface area contributed by atoms with Crippen molar-refractivity contribution in [3.05, 3.63) is 28.4 Å². The number of nitro groups is 1. The van der Waals surface area contributed by atoms with Gasteiger partial charge in [-0.05, 0) is 29.3 Å². The molecule has 1 aromatic rings. The van der Waals surface area contributed by atoms with Gasteiger partial charge in [0, 0.05) is 12.6 Å². The van der Waals surface area contributed by atoms with Crippen molar-refractivity contribution in [2.24, 2.45) is 0 Å². The molecule has 0 aromatic carbocycles. The lowest BCUT2D eigenvalue weighted by molar-refractivity contribution is -0.389. The summed E-state index contributed by atoms with van der Waals surface area (Å²) in [6, 6.07) is 2.40. The maximum Gasteiger partial charge on any atom is 0.363 e. The monoisotopic (exact) mass is 252 g/mol. The van der Waals surface area contributed by atoms with Crippen molar-refractivity contribution in [3.63, 3.8) is 0 Å². The van der Waals surface area contributed by atoms with Gasteiger partial charge in [0.15, 0.2) is 6.20 Å². The molecule has 1 rings (SSSR count). The Morgan fingerprint density at radius 2 is 2.28 bits per heavy atom. The summed E-state index contributed by atoms with van der Waals surface area (Å²) >= 11 is 0. The lowest BCUT2D eigenvalue weighted by Gasteiger charge is -2.13. The number of rotatable bonds is 6. The minimum atomic E-state index is -0.568. The smallest absolute Gasteiger partial charge is 0.363 e. The van der Waals surface area contributed by atoms with E-state index in [-0.39, 0.29) is 11.7 Å². The van der Waals surface area contributed by atoms with E-state index < -0.39 is 11.0 Å². The third kappa shape index (κ3) is 4.00. The van der Waals surface area contributed by atoms with E-state index in [1.54, 1.807) is 6.92 Å². The molecule has 7 nitrogen and oxygen atoms in total. The van der Waals surface area contributed by atoms with Gasteiger partial charge in [0.05, 0.1) is 5.69 Å². The molecule has 7 heteroatoms. The van der Waals surface area contributed by atoms with Crippen LogP contribution in [0.25, 0.3) is 0 Å². The highest BCUT2D eigenvalue weighted by Gasteiger charge is 2.13. The first-order valence-electron chi connectivity index (χ1n) is 5.69. The normalized spacial score (nSPS) is 11.7. The number of nitrogens with one attached hydrogen (secondary N) is 2. The average molecular weight is 252 g/mol. The molecule has 0 saturated carbocycles. The second kappa shape index (κ2) is 6.53. The largest absolute Gasteiger partial charge is 0.371 e. The number of pyridine rings is 1. The van der Waals surface area contributed by atoms with Crippen molar-refractivity contribution in [2.45, 2.75) is 26.3 Å². The zero-order chi connectivity index (χ0) is 13.5. The van der Waals surface area contributed by atoms with Gasteiger partial charge in [-0.3, -0.25) is 4.79 Å². The third-order valence-corrected chi connectivity index (χ3v) is 2.26. The van der Waals surface area contributed by atoms with E-state index in [0.717, 1.165) is 6.42 Å². The van der Waals surface area contributed by atoms with Gasteiger partial charge in [0.1, 0.15) is 6.04 Å². The van der Waals surface area contributed by atoms with Gasteiger partial charge in [0.25, 0.3) is 0 Å². The predicted octanol–water partition coefficient (Wildman–Crippen LogP) is 1.32. The van der Waals surface area contributed by atoms with Crippen LogP contribution in [0.5, 0.6) is 0 Å². The first-order chi connectivity index (χ1) is 8.54. The molecule has 0 saturated heterocycles. The number of carbonyl (C=O) groups is 1. The van der Waals surface area contributed by atoms with Gasteiger partial charge in [-0.2, -0.15) is 0 Å². The number of hydrogen-bond acceptors (Lipinski definition) is 5. The fourth-order valence-corrected chi connectivity index (χ4v) is 1.30. The Morgan fingerprint density at radius 1 is 1.56 bits per heavy atom. The number of amides is 1. The second-order valence-electron chi connectivity index (χ2n) is 3.82. The molecule has 0 bridgehead atoms. The van der Waals surface area contributed by atoms with Gasteiger partial charge >= 0.3 is 5.82 Å². The molecule has 1 unspecified atom stereocenters. The zero-order valence-corrected chi connectivity index (χ0v) is 10.3. The molecule has 2 N–H and O–H groups in total. The molecule has 1 heterocycles. The summed E-state index contributed by atoms with van der Waals surface area (Å²) in [6.45, 7) is 4.31. The number of carbonyl (C=O) groups excluding carboxylic acids is 1. The molecule has 0 aliphatic rings. The van der Waals surface area contributed by atoms with E-state index >= 15 is 0 Å². The van der Waals surface area contributed by atoms with E-state index in [0.29, 0.717) is 12.2 Å². The standard InChI is InChI=1S/C11H16N4O3/c1-3-6-12-11(16)8(2)14-9-4-5-10(13-7-9)15(17)18/h4-5,7-8,14H,3,6H2,1-2H3,(H,12,16). The summed E-state index contributed by atoms with van der Waals surface area (Å²) in [4.78, 5) is 25.1. The fraction of sp³-hybridized carbons (Fsp3) is 0.455. The highest BCUT2D eigenvalue weighted by atomic mass is 16.6. The van der Waals surface area contributed by atoms with Crippen molar-refractivity contribution >= 4 is 17.4 Å². The Morgan fingerprint density at radius 3 is 2.78 bits per heavy atom. The molecule has 0 aliphatic carbocycles. The molecular formula is C11H16N4O3. The minimum Gasteiger partial charge on any atom is -0.371 e. The molecular weight excluding hydrogens is 236 g/mol. The van der Waals surface area contributed by atoms with Crippen LogP contribution in [-0.4, -0.2) is 28.4 Å². The number of hydrogen-bond donors (Lipinski definition) is 2. The third-order valence-electron chi connectivity index (χ3n) is 2.26. The maximum absolute atomic E-state index is 11.6. The first kappa shape index (κ1) is 13.9. The molecule has 1 atom stereocenters. The topological polar surface area (TPSA) is 97.2 Å².